The van der Waals surface area contributed by atoms with Crippen molar-refractivity contribution in [2.45, 2.75) is 27.7 Å². The summed E-state index contributed by atoms with van der Waals surface area (Å²) in [6, 6.07) is 5.90. The van der Waals surface area contributed by atoms with E-state index in [-0.39, 0.29) is 0 Å². The molecule has 0 fully saturated rings. The molecule has 3 nitrogen and oxygen atoms in total. The van der Waals surface area contributed by atoms with Crippen molar-refractivity contribution in [3.05, 3.63) is 51.7 Å². The molecule has 108 valence electrons. The number of hydrogen-bond acceptors (Lipinski definition) is 2. The number of pyridine rings is 1. The van der Waals surface area contributed by atoms with Gasteiger partial charge in [0.1, 0.15) is 11.5 Å². The summed E-state index contributed by atoms with van der Waals surface area (Å²) in [5.41, 5.74) is 13.9. The molecule has 0 aliphatic rings. The standard InChI is InChI=1S/C17H18ClN3/c1-9-8-10(2)12(4)14(11(9)3)15-16(19)21-7-5-6-13(18)17(21)20-15/h5-8H,19H2,1-4H3. The van der Waals surface area contributed by atoms with Gasteiger partial charge in [-0.25, -0.2) is 4.98 Å². The highest BCUT2D eigenvalue weighted by Crippen LogP contribution is 2.35. The third-order valence-electron chi connectivity index (χ3n) is 4.24. The Balaban J connectivity index is 2.42. The number of halogens is 1. The number of nitrogens with zero attached hydrogens (tertiary/aromatic N) is 2. The van der Waals surface area contributed by atoms with Gasteiger partial charge in [0.05, 0.1) is 5.02 Å². The third-order valence-corrected chi connectivity index (χ3v) is 4.54. The van der Waals surface area contributed by atoms with Crippen molar-refractivity contribution in [2.24, 2.45) is 0 Å². The van der Waals surface area contributed by atoms with E-state index in [2.05, 4.69) is 33.8 Å². The Morgan fingerprint density at radius 1 is 1.10 bits per heavy atom. The van der Waals surface area contributed by atoms with Gasteiger partial charge >= 0.3 is 0 Å². The Bertz CT molecular complexity index is 836. The van der Waals surface area contributed by atoms with Gasteiger partial charge in [-0.3, -0.25) is 4.40 Å². The van der Waals surface area contributed by atoms with Crippen LogP contribution in [0.5, 0.6) is 0 Å². The Kier molecular flexibility index (Phi) is 3.18. The van der Waals surface area contributed by atoms with Crippen molar-refractivity contribution in [2.75, 3.05) is 5.73 Å². The zero-order chi connectivity index (χ0) is 15.3. The second-order valence-corrected chi connectivity index (χ2v) is 5.94. The van der Waals surface area contributed by atoms with E-state index >= 15 is 0 Å². The normalized spacial score (nSPS) is 11.3. The summed E-state index contributed by atoms with van der Waals surface area (Å²) in [6.45, 7) is 8.46. The van der Waals surface area contributed by atoms with Crippen LogP contribution in [-0.4, -0.2) is 9.38 Å². The summed E-state index contributed by atoms with van der Waals surface area (Å²) < 4.78 is 1.84. The number of benzene rings is 1. The predicted octanol–water partition coefficient (Wildman–Crippen LogP) is 4.47. The maximum atomic E-state index is 6.32. The molecule has 1 aromatic carbocycles. The van der Waals surface area contributed by atoms with Gasteiger partial charge in [-0.05, 0) is 62.1 Å². The van der Waals surface area contributed by atoms with Gasteiger partial charge < -0.3 is 5.73 Å². The molecule has 0 saturated heterocycles. The zero-order valence-electron chi connectivity index (χ0n) is 12.7. The second-order valence-electron chi connectivity index (χ2n) is 5.53. The van der Waals surface area contributed by atoms with Crippen LogP contribution < -0.4 is 5.73 Å². The molecule has 0 amide bonds. The average Bonchev–Trinajstić information content (AvgIpc) is 2.77. The first-order valence-electron chi connectivity index (χ1n) is 6.91. The van der Waals surface area contributed by atoms with E-state index in [0.29, 0.717) is 16.5 Å². The lowest BCUT2D eigenvalue weighted by Crippen LogP contribution is -1.99. The molecular formula is C17H18ClN3. The largest absolute Gasteiger partial charge is 0.383 e. The first-order chi connectivity index (χ1) is 9.91. The molecule has 0 aliphatic heterocycles. The number of hydrogen-bond donors (Lipinski definition) is 1. The smallest absolute Gasteiger partial charge is 0.157 e. The lowest BCUT2D eigenvalue weighted by Gasteiger charge is -2.14. The summed E-state index contributed by atoms with van der Waals surface area (Å²) in [7, 11) is 0. The molecule has 2 aromatic heterocycles. The summed E-state index contributed by atoms with van der Waals surface area (Å²) in [6.07, 6.45) is 1.89. The fourth-order valence-corrected chi connectivity index (χ4v) is 3.01. The minimum Gasteiger partial charge on any atom is -0.383 e. The van der Waals surface area contributed by atoms with Gasteiger partial charge in [0.25, 0.3) is 0 Å². The highest BCUT2D eigenvalue weighted by Gasteiger charge is 2.18. The predicted molar refractivity (Wildman–Crippen MR) is 89.0 cm³/mol. The van der Waals surface area contributed by atoms with Crippen LogP contribution in [0.1, 0.15) is 22.3 Å². The van der Waals surface area contributed by atoms with Crippen LogP contribution in [0, 0.1) is 27.7 Å². The number of nitrogen functional groups attached to an aromatic ring is 1. The number of nitrogens with two attached hydrogens (primary N) is 1. The minimum absolute atomic E-state index is 0.607. The monoisotopic (exact) mass is 299 g/mol. The van der Waals surface area contributed by atoms with Crippen LogP contribution in [-0.2, 0) is 0 Å². The maximum Gasteiger partial charge on any atom is 0.157 e. The average molecular weight is 300 g/mol. The molecule has 0 aliphatic carbocycles. The molecule has 0 atom stereocenters. The Hall–Kier alpha value is -2.00. The van der Waals surface area contributed by atoms with Gasteiger partial charge in [-0.15, -0.1) is 0 Å². The van der Waals surface area contributed by atoms with E-state index in [0.717, 1.165) is 11.3 Å². The first kappa shape index (κ1) is 14.0. The van der Waals surface area contributed by atoms with Crippen LogP contribution in [0.15, 0.2) is 24.4 Å². The van der Waals surface area contributed by atoms with Crippen LogP contribution in [0.25, 0.3) is 16.9 Å². The van der Waals surface area contributed by atoms with E-state index in [1.54, 1.807) is 0 Å². The lowest BCUT2D eigenvalue weighted by atomic mass is 9.92. The fraction of sp³-hybridized carbons (Fsp3) is 0.235. The number of imidazole rings is 1. The number of aryl methyl sites for hydroxylation is 2. The Labute approximate surface area is 129 Å². The Morgan fingerprint density at radius 2 is 1.71 bits per heavy atom. The molecule has 2 heterocycles. The van der Waals surface area contributed by atoms with Gasteiger partial charge in [-0.2, -0.15) is 0 Å². The maximum absolute atomic E-state index is 6.32. The minimum atomic E-state index is 0.607. The van der Waals surface area contributed by atoms with Crippen molar-refractivity contribution in [1.29, 1.82) is 0 Å². The molecule has 0 radical (unpaired) electrons. The summed E-state index contributed by atoms with van der Waals surface area (Å²) in [5.74, 6) is 0.628. The van der Waals surface area contributed by atoms with Crippen LogP contribution in [0.2, 0.25) is 5.02 Å². The number of anilines is 1. The third kappa shape index (κ3) is 2.00. The lowest BCUT2D eigenvalue weighted by molar-refractivity contribution is 1.20. The van der Waals surface area contributed by atoms with E-state index in [9.17, 15) is 0 Å². The van der Waals surface area contributed by atoms with Crippen molar-refractivity contribution in [1.82, 2.24) is 9.38 Å². The summed E-state index contributed by atoms with van der Waals surface area (Å²) in [4.78, 5) is 4.69. The molecule has 0 saturated carbocycles. The van der Waals surface area contributed by atoms with Gasteiger partial charge in [0, 0.05) is 11.8 Å². The van der Waals surface area contributed by atoms with E-state index in [1.165, 1.54) is 22.3 Å². The van der Waals surface area contributed by atoms with Crippen molar-refractivity contribution in [3.63, 3.8) is 0 Å². The van der Waals surface area contributed by atoms with Gasteiger partial charge in [0.2, 0.25) is 0 Å². The molecule has 21 heavy (non-hydrogen) atoms. The molecule has 0 unspecified atom stereocenters. The molecule has 4 heteroatoms. The SMILES string of the molecule is Cc1cc(C)c(C)c(-c2nc3c(Cl)cccn3c2N)c1C. The quantitative estimate of drug-likeness (QED) is 0.720. The Morgan fingerprint density at radius 3 is 2.29 bits per heavy atom. The molecule has 0 spiro atoms. The van der Waals surface area contributed by atoms with Crippen LogP contribution >= 0.6 is 11.6 Å². The second kappa shape index (κ2) is 4.78. The zero-order valence-corrected chi connectivity index (χ0v) is 13.4. The van der Waals surface area contributed by atoms with Gasteiger partial charge in [-0.1, -0.05) is 17.7 Å². The highest BCUT2D eigenvalue weighted by molar-refractivity contribution is 6.33. The molecule has 3 rings (SSSR count). The van der Waals surface area contributed by atoms with Crippen molar-refractivity contribution in [3.8, 4) is 11.3 Å². The number of rotatable bonds is 1. The first-order valence-corrected chi connectivity index (χ1v) is 7.29. The van der Waals surface area contributed by atoms with Gasteiger partial charge in [0.15, 0.2) is 5.65 Å². The topological polar surface area (TPSA) is 43.3 Å². The molecule has 3 aromatic rings. The number of fused-ring (bicyclic) bond motifs is 1. The molecular weight excluding hydrogens is 282 g/mol. The van der Waals surface area contributed by atoms with E-state index < -0.39 is 0 Å². The van der Waals surface area contributed by atoms with Crippen molar-refractivity contribution < 1.29 is 0 Å². The summed E-state index contributed by atoms with van der Waals surface area (Å²) >= 11 is 6.23. The number of aromatic nitrogens is 2. The van der Waals surface area contributed by atoms with Crippen molar-refractivity contribution >= 4 is 23.1 Å². The van der Waals surface area contributed by atoms with E-state index in [4.69, 9.17) is 22.3 Å². The molecule has 0 bridgehead atoms. The van der Waals surface area contributed by atoms with Crippen LogP contribution in [0.4, 0.5) is 5.82 Å². The molecule has 2 N–H and O–H groups in total. The summed E-state index contributed by atoms with van der Waals surface area (Å²) in [5, 5.41) is 0.607. The highest BCUT2D eigenvalue weighted by atomic mass is 35.5. The fourth-order valence-electron chi connectivity index (χ4n) is 2.81. The van der Waals surface area contributed by atoms with E-state index in [1.807, 2.05) is 22.7 Å². The van der Waals surface area contributed by atoms with Crippen LogP contribution in [0.3, 0.4) is 0 Å².